The number of benzene rings is 2. The molecule has 0 atom stereocenters. The minimum absolute atomic E-state index is 0.179. The molecule has 0 amide bonds. The van der Waals surface area contributed by atoms with Crippen molar-refractivity contribution in [3.63, 3.8) is 0 Å². The molecular formula is C20H14ClN3O2S. The van der Waals surface area contributed by atoms with Crippen LogP contribution < -0.4 is 14.8 Å². The Hall–Kier alpha value is -2.96. The van der Waals surface area contributed by atoms with Crippen LogP contribution in [0.25, 0.3) is 23.2 Å². The first-order valence-corrected chi connectivity index (χ1v) is 9.31. The van der Waals surface area contributed by atoms with Crippen LogP contribution in [0.4, 0.5) is 0 Å². The van der Waals surface area contributed by atoms with E-state index in [0.717, 1.165) is 16.9 Å². The summed E-state index contributed by atoms with van der Waals surface area (Å²) >= 11 is 7.20. The van der Waals surface area contributed by atoms with Crippen LogP contribution in [-0.4, -0.2) is 21.7 Å². The van der Waals surface area contributed by atoms with Crippen LogP contribution in [0.5, 0.6) is 5.75 Å². The van der Waals surface area contributed by atoms with Crippen LogP contribution in [0.3, 0.4) is 0 Å². The highest BCUT2D eigenvalue weighted by Crippen LogP contribution is 2.14. The Morgan fingerprint density at radius 2 is 1.74 bits per heavy atom. The molecule has 0 unspecified atom stereocenters. The second-order valence-electron chi connectivity index (χ2n) is 5.74. The standard InChI is InChI=1S/C20H14ClN3O2S/c1-26-16-9-4-13(5-10-16)6-11-18-22-20-24(23-18)19(25)17(27-20)12-14-2-7-15(21)8-3-14/h2-12H,1H3/b11-6+,17-12-. The van der Waals surface area contributed by atoms with E-state index >= 15 is 0 Å². The predicted molar refractivity (Wildman–Crippen MR) is 109 cm³/mol. The molecule has 27 heavy (non-hydrogen) atoms. The van der Waals surface area contributed by atoms with Crippen molar-refractivity contribution >= 4 is 46.1 Å². The Labute approximate surface area is 163 Å². The zero-order chi connectivity index (χ0) is 18.8. The Kier molecular flexibility index (Phi) is 4.75. The van der Waals surface area contributed by atoms with Crippen molar-refractivity contribution in [3.8, 4) is 5.75 Å². The van der Waals surface area contributed by atoms with Gasteiger partial charge in [-0.3, -0.25) is 4.79 Å². The van der Waals surface area contributed by atoms with Crippen molar-refractivity contribution in [2.24, 2.45) is 0 Å². The zero-order valence-corrected chi connectivity index (χ0v) is 15.9. The van der Waals surface area contributed by atoms with E-state index in [1.165, 1.54) is 15.9 Å². The number of nitrogens with zero attached hydrogens (tertiary/aromatic N) is 3. The van der Waals surface area contributed by atoms with Gasteiger partial charge in [0.1, 0.15) is 5.75 Å². The Bertz CT molecular complexity index is 1230. The summed E-state index contributed by atoms with van der Waals surface area (Å²) < 4.78 is 7.05. The first-order chi connectivity index (χ1) is 13.1. The number of fused-ring (bicyclic) bond motifs is 1. The average molecular weight is 396 g/mol. The summed E-state index contributed by atoms with van der Waals surface area (Å²) in [4.78, 5) is 17.5. The fourth-order valence-electron chi connectivity index (χ4n) is 2.52. The van der Waals surface area contributed by atoms with E-state index in [2.05, 4.69) is 10.1 Å². The summed E-state index contributed by atoms with van der Waals surface area (Å²) in [5.74, 6) is 1.29. The van der Waals surface area contributed by atoms with E-state index in [1.54, 1.807) is 25.3 Å². The number of hydrogen-bond donors (Lipinski definition) is 0. The molecule has 0 aliphatic rings. The van der Waals surface area contributed by atoms with E-state index in [0.29, 0.717) is 20.3 Å². The number of ether oxygens (including phenoxy) is 1. The first kappa shape index (κ1) is 17.5. The van der Waals surface area contributed by atoms with Crippen LogP contribution in [-0.2, 0) is 0 Å². The van der Waals surface area contributed by atoms with Crippen LogP contribution in [0.15, 0.2) is 53.3 Å². The fourth-order valence-corrected chi connectivity index (χ4v) is 3.56. The third kappa shape index (κ3) is 3.77. The summed E-state index contributed by atoms with van der Waals surface area (Å²) in [6.45, 7) is 0. The highest BCUT2D eigenvalue weighted by molar-refractivity contribution is 7.15. The van der Waals surface area contributed by atoms with E-state index in [4.69, 9.17) is 16.3 Å². The van der Waals surface area contributed by atoms with E-state index < -0.39 is 0 Å². The molecule has 0 bridgehead atoms. The van der Waals surface area contributed by atoms with Crippen molar-refractivity contribution in [2.75, 3.05) is 7.11 Å². The van der Waals surface area contributed by atoms with E-state index in [-0.39, 0.29) is 5.56 Å². The average Bonchev–Trinajstić information content (AvgIpc) is 3.21. The van der Waals surface area contributed by atoms with Gasteiger partial charge in [-0.15, -0.1) is 5.10 Å². The van der Waals surface area contributed by atoms with Crippen molar-refractivity contribution in [1.29, 1.82) is 0 Å². The monoisotopic (exact) mass is 395 g/mol. The summed E-state index contributed by atoms with van der Waals surface area (Å²) in [5.41, 5.74) is 1.72. The molecular weight excluding hydrogens is 382 g/mol. The number of aromatic nitrogens is 3. The van der Waals surface area contributed by atoms with Crippen LogP contribution >= 0.6 is 22.9 Å². The fraction of sp³-hybridized carbons (Fsp3) is 0.0500. The molecule has 0 saturated heterocycles. The molecule has 2 aromatic heterocycles. The van der Waals surface area contributed by atoms with Gasteiger partial charge in [-0.25, -0.2) is 0 Å². The molecule has 0 N–H and O–H groups in total. The zero-order valence-electron chi connectivity index (χ0n) is 14.3. The Morgan fingerprint density at radius 3 is 2.41 bits per heavy atom. The minimum atomic E-state index is -0.179. The predicted octanol–water partition coefficient (Wildman–Crippen LogP) is 3.53. The lowest BCUT2D eigenvalue weighted by Gasteiger charge is -1.98. The maximum atomic E-state index is 12.5. The summed E-state index contributed by atoms with van der Waals surface area (Å²) in [6, 6.07) is 14.9. The second kappa shape index (κ2) is 7.34. The largest absolute Gasteiger partial charge is 0.497 e. The summed E-state index contributed by atoms with van der Waals surface area (Å²) in [6.07, 6.45) is 5.49. The molecule has 0 radical (unpaired) electrons. The van der Waals surface area contributed by atoms with Gasteiger partial charge in [0.15, 0.2) is 5.82 Å². The van der Waals surface area contributed by atoms with Gasteiger partial charge in [0.05, 0.1) is 11.6 Å². The molecule has 0 fully saturated rings. The number of rotatable bonds is 4. The van der Waals surface area contributed by atoms with Gasteiger partial charge in [0, 0.05) is 5.02 Å². The number of thiazole rings is 1. The normalized spacial score (nSPS) is 12.3. The molecule has 0 aliphatic carbocycles. The lowest BCUT2D eigenvalue weighted by Crippen LogP contribution is -2.23. The number of halogens is 1. The molecule has 0 spiro atoms. The number of methoxy groups -OCH3 is 1. The van der Waals surface area contributed by atoms with Gasteiger partial charge in [-0.2, -0.15) is 9.50 Å². The van der Waals surface area contributed by atoms with Crippen molar-refractivity contribution in [2.45, 2.75) is 0 Å². The molecule has 0 saturated carbocycles. The highest BCUT2D eigenvalue weighted by atomic mass is 35.5. The topological polar surface area (TPSA) is 56.5 Å². The quantitative estimate of drug-likeness (QED) is 0.530. The van der Waals surface area contributed by atoms with Crippen LogP contribution in [0, 0.1) is 0 Å². The number of hydrogen-bond acceptors (Lipinski definition) is 5. The van der Waals surface area contributed by atoms with Gasteiger partial charge >= 0.3 is 0 Å². The van der Waals surface area contributed by atoms with Gasteiger partial charge in [-0.05, 0) is 47.5 Å². The van der Waals surface area contributed by atoms with E-state index in [1.807, 2.05) is 48.6 Å². The maximum absolute atomic E-state index is 12.5. The van der Waals surface area contributed by atoms with Crippen LogP contribution in [0.1, 0.15) is 17.0 Å². The van der Waals surface area contributed by atoms with Gasteiger partial charge in [0.2, 0.25) is 4.96 Å². The summed E-state index contributed by atoms with van der Waals surface area (Å²) in [5, 5.41) is 4.95. The van der Waals surface area contributed by atoms with Crippen molar-refractivity contribution < 1.29 is 4.74 Å². The third-order valence-electron chi connectivity index (χ3n) is 3.91. The molecule has 2 aromatic carbocycles. The Morgan fingerprint density at radius 1 is 1.04 bits per heavy atom. The first-order valence-electron chi connectivity index (χ1n) is 8.11. The van der Waals surface area contributed by atoms with Gasteiger partial charge in [-0.1, -0.05) is 53.3 Å². The van der Waals surface area contributed by atoms with Crippen molar-refractivity contribution in [3.05, 3.63) is 85.4 Å². The van der Waals surface area contributed by atoms with Crippen LogP contribution in [0.2, 0.25) is 5.02 Å². The highest BCUT2D eigenvalue weighted by Gasteiger charge is 2.08. The second-order valence-corrected chi connectivity index (χ2v) is 7.18. The SMILES string of the molecule is COc1ccc(/C=C/c2nc3s/c(=C\c4ccc(Cl)cc4)c(=O)n3n2)cc1. The molecule has 7 heteroatoms. The molecule has 0 aliphatic heterocycles. The van der Waals surface area contributed by atoms with Gasteiger partial charge < -0.3 is 4.74 Å². The minimum Gasteiger partial charge on any atom is -0.497 e. The van der Waals surface area contributed by atoms with E-state index in [9.17, 15) is 4.79 Å². The lowest BCUT2D eigenvalue weighted by atomic mass is 10.2. The molecule has 4 rings (SSSR count). The molecule has 134 valence electrons. The smallest absolute Gasteiger partial charge is 0.291 e. The molecule has 2 heterocycles. The molecule has 4 aromatic rings. The maximum Gasteiger partial charge on any atom is 0.291 e. The molecule has 5 nitrogen and oxygen atoms in total. The summed E-state index contributed by atoms with van der Waals surface area (Å²) in [7, 11) is 1.63. The third-order valence-corrected chi connectivity index (χ3v) is 5.12. The Balaban J connectivity index is 1.62. The van der Waals surface area contributed by atoms with Crippen molar-refractivity contribution in [1.82, 2.24) is 14.6 Å². The van der Waals surface area contributed by atoms with Gasteiger partial charge in [0.25, 0.3) is 5.56 Å². The lowest BCUT2D eigenvalue weighted by molar-refractivity contribution is 0.415.